The van der Waals surface area contributed by atoms with Crippen LogP contribution in [-0.4, -0.2) is 39.5 Å². The van der Waals surface area contributed by atoms with Crippen LogP contribution in [0.3, 0.4) is 0 Å². The lowest BCUT2D eigenvalue weighted by Gasteiger charge is -2.21. The van der Waals surface area contributed by atoms with Crippen LogP contribution >= 0.6 is 0 Å². The highest BCUT2D eigenvalue weighted by Gasteiger charge is 2.23. The van der Waals surface area contributed by atoms with Gasteiger partial charge in [-0.1, -0.05) is 26.0 Å². The summed E-state index contributed by atoms with van der Waals surface area (Å²) < 4.78 is 31.6. The Kier molecular flexibility index (Phi) is 7.52. The summed E-state index contributed by atoms with van der Waals surface area (Å²) in [5.41, 5.74) is 1.13. The van der Waals surface area contributed by atoms with Crippen LogP contribution in [0.15, 0.2) is 29.2 Å². The van der Waals surface area contributed by atoms with Crippen LogP contribution < -0.4 is 0 Å². The van der Waals surface area contributed by atoms with Crippen molar-refractivity contribution in [1.29, 1.82) is 5.26 Å². The molecule has 0 spiro atoms. The summed E-state index contributed by atoms with van der Waals surface area (Å²) in [6.07, 6.45) is 1.17. The fourth-order valence-corrected chi connectivity index (χ4v) is 3.50. The summed E-state index contributed by atoms with van der Waals surface area (Å²) in [6, 6.07) is 8.99. The molecule has 0 aliphatic rings. The number of benzene rings is 1. The van der Waals surface area contributed by atoms with E-state index < -0.39 is 10.0 Å². The SMILES string of the molecule is CCC(C)c1ccc(S(=O)(=O)N(CCC#N)CCOC)cc1. The highest BCUT2D eigenvalue weighted by molar-refractivity contribution is 7.89. The van der Waals surface area contributed by atoms with Crippen molar-refractivity contribution in [3.05, 3.63) is 29.8 Å². The zero-order valence-electron chi connectivity index (χ0n) is 13.4. The van der Waals surface area contributed by atoms with E-state index in [0.29, 0.717) is 12.5 Å². The highest BCUT2D eigenvalue weighted by atomic mass is 32.2. The molecule has 0 heterocycles. The van der Waals surface area contributed by atoms with E-state index in [1.807, 2.05) is 18.2 Å². The first kappa shape index (κ1) is 18.6. The predicted octanol–water partition coefficient (Wildman–Crippen LogP) is 2.75. The van der Waals surface area contributed by atoms with Crippen LogP contribution in [0.5, 0.6) is 0 Å². The molecule has 0 fully saturated rings. The highest BCUT2D eigenvalue weighted by Crippen LogP contribution is 2.22. The van der Waals surface area contributed by atoms with Crippen molar-refractivity contribution in [2.24, 2.45) is 0 Å². The van der Waals surface area contributed by atoms with Crippen LogP contribution in [0.4, 0.5) is 0 Å². The van der Waals surface area contributed by atoms with Gasteiger partial charge in [0.1, 0.15) is 0 Å². The molecule has 0 aromatic heterocycles. The maximum absolute atomic E-state index is 12.7. The van der Waals surface area contributed by atoms with Gasteiger partial charge in [-0.05, 0) is 30.0 Å². The third-order valence-electron chi connectivity index (χ3n) is 3.72. The standard InChI is InChI=1S/C16H24N2O3S/c1-4-14(2)15-6-8-16(9-7-15)22(19,20)18(11-5-10-17)12-13-21-3/h6-9,14H,4-5,11-13H2,1-3H3. The number of methoxy groups -OCH3 is 1. The Labute approximate surface area is 133 Å². The molecule has 0 N–H and O–H groups in total. The van der Waals surface area contributed by atoms with Gasteiger partial charge in [0, 0.05) is 26.6 Å². The molecule has 0 bridgehead atoms. The summed E-state index contributed by atoms with van der Waals surface area (Å²) in [5, 5.41) is 8.70. The molecule has 0 aliphatic heterocycles. The van der Waals surface area contributed by atoms with Gasteiger partial charge in [0.15, 0.2) is 0 Å². The second kappa shape index (κ2) is 8.89. The van der Waals surface area contributed by atoms with E-state index in [-0.39, 0.29) is 24.4 Å². The molecule has 122 valence electrons. The van der Waals surface area contributed by atoms with Gasteiger partial charge in [0.2, 0.25) is 10.0 Å². The second-order valence-corrected chi connectivity index (χ2v) is 7.12. The molecule has 1 unspecified atom stereocenters. The van der Waals surface area contributed by atoms with Crippen molar-refractivity contribution in [2.75, 3.05) is 26.8 Å². The number of nitrogens with zero attached hydrogens (tertiary/aromatic N) is 2. The van der Waals surface area contributed by atoms with E-state index >= 15 is 0 Å². The van der Waals surface area contributed by atoms with Crippen LogP contribution in [0.25, 0.3) is 0 Å². The molecule has 22 heavy (non-hydrogen) atoms. The molecule has 6 heteroatoms. The zero-order valence-corrected chi connectivity index (χ0v) is 14.3. The Balaban J connectivity index is 3.00. The smallest absolute Gasteiger partial charge is 0.243 e. The third-order valence-corrected chi connectivity index (χ3v) is 5.63. The lowest BCUT2D eigenvalue weighted by molar-refractivity contribution is 0.179. The van der Waals surface area contributed by atoms with Gasteiger partial charge >= 0.3 is 0 Å². The van der Waals surface area contributed by atoms with Gasteiger partial charge in [0.25, 0.3) is 0 Å². The Hall–Kier alpha value is -1.42. The Morgan fingerprint density at radius 3 is 2.41 bits per heavy atom. The Bertz CT molecular complexity index is 591. The fraction of sp³-hybridized carbons (Fsp3) is 0.562. The lowest BCUT2D eigenvalue weighted by Crippen LogP contribution is -2.34. The van der Waals surface area contributed by atoms with Gasteiger partial charge in [-0.3, -0.25) is 0 Å². The fourth-order valence-electron chi connectivity index (χ4n) is 2.07. The topological polar surface area (TPSA) is 70.4 Å². The first-order valence-electron chi connectivity index (χ1n) is 7.43. The maximum atomic E-state index is 12.7. The molecular formula is C16H24N2O3S. The number of hydrogen-bond acceptors (Lipinski definition) is 4. The number of rotatable bonds is 9. The summed E-state index contributed by atoms with van der Waals surface area (Å²) in [7, 11) is -2.07. The Morgan fingerprint density at radius 2 is 1.91 bits per heavy atom. The Morgan fingerprint density at radius 1 is 1.27 bits per heavy atom. The molecule has 1 aromatic carbocycles. The average Bonchev–Trinajstić information content (AvgIpc) is 2.54. The van der Waals surface area contributed by atoms with Crippen LogP contribution in [0.1, 0.15) is 38.2 Å². The second-order valence-electron chi connectivity index (χ2n) is 5.18. The van der Waals surface area contributed by atoms with Crippen LogP contribution in [0, 0.1) is 11.3 Å². The van der Waals surface area contributed by atoms with Crippen LogP contribution in [-0.2, 0) is 14.8 Å². The van der Waals surface area contributed by atoms with E-state index in [1.165, 1.54) is 11.4 Å². The minimum atomic E-state index is -3.59. The minimum Gasteiger partial charge on any atom is -0.383 e. The summed E-state index contributed by atoms with van der Waals surface area (Å²) in [5.74, 6) is 0.403. The third kappa shape index (κ3) is 4.80. The molecule has 0 saturated heterocycles. The monoisotopic (exact) mass is 324 g/mol. The maximum Gasteiger partial charge on any atom is 0.243 e. The largest absolute Gasteiger partial charge is 0.383 e. The van der Waals surface area contributed by atoms with E-state index in [9.17, 15) is 8.42 Å². The summed E-state index contributed by atoms with van der Waals surface area (Å²) in [6.45, 7) is 4.93. The van der Waals surface area contributed by atoms with Crippen molar-refractivity contribution < 1.29 is 13.2 Å². The van der Waals surface area contributed by atoms with E-state index in [0.717, 1.165) is 12.0 Å². The molecule has 0 aliphatic carbocycles. The molecule has 0 amide bonds. The van der Waals surface area contributed by atoms with Crippen molar-refractivity contribution in [2.45, 2.75) is 37.5 Å². The number of sulfonamides is 1. The van der Waals surface area contributed by atoms with Crippen molar-refractivity contribution >= 4 is 10.0 Å². The number of hydrogen-bond donors (Lipinski definition) is 0. The van der Waals surface area contributed by atoms with E-state index in [4.69, 9.17) is 10.00 Å². The van der Waals surface area contributed by atoms with Crippen LogP contribution in [0.2, 0.25) is 0 Å². The summed E-state index contributed by atoms with van der Waals surface area (Å²) in [4.78, 5) is 0.258. The number of nitriles is 1. The van der Waals surface area contributed by atoms with Crippen molar-refractivity contribution in [1.82, 2.24) is 4.31 Å². The lowest BCUT2D eigenvalue weighted by atomic mass is 9.99. The molecule has 1 rings (SSSR count). The molecule has 1 aromatic rings. The number of ether oxygens (including phenoxy) is 1. The van der Waals surface area contributed by atoms with Gasteiger partial charge in [-0.2, -0.15) is 9.57 Å². The van der Waals surface area contributed by atoms with Crippen molar-refractivity contribution in [3.63, 3.8) is 0 Å². The molecular weight excluding hydrogens is 300 g/mol. The first-order chi connectivity index (χ1) is 10.5. The normalized spacial score (nSPS) is 13.0. The van der Waals surface area contributed by atoms with Gasteiger partial charge in [0.05, 0.1) is 17.6 Å². The molecule has 5 nitrogen and oxygen atoms in total. The molecule has 1 atom stereocenters. The average molecular weight is 324 g/mol. The van der Waals surface area contributed by atoms with E-state index in [1.54, 1.807) is 12.1 Å². The molecule has 0 radical (unpaired) electrons. The van der Waals surface area contributed by atoms with Crippen molar-refractivity contribution in [3.8, 4) is 6.07 Å². The minimum absolute atomic E-state index is 0.161. The predicted molar refractivity (Wildman–Crippen MR) is 86.0 cm³/mol. The first-order valence-corrected chi connectivity index (χ1v) is 8.87. The van der Waals surface area contributed by atoms with Gasteiger partial charge in [-0.15, -0.1) is 0 Å². The zero-order chi connectivity index (χ0) is 16.6. The van der Waals surface area contributed by atoms with Gasteiger partial charge in [-0.25, -0.2) is 8.42 Å². The summed E-state index contributed by atoms with van der Waals surface area (Å²) >= 11 is 0. The van der Waals surface area contributed by atoms with Gasteiger partial charge < -0.3 is 4.74 Å². The molecule has 0 saturated carbocycles. The van der Waals surface area contributed by atoms with E-state index in [2.05, 4.69) is 13.8 Å². The quantitative estimate of drug-likeness (QED) is 0.700.